The molecule has 1 aromatic rings. The van der Waals surface area contributed by atoms with Crippen molar-refractivity contribution in [3.63, 3.8) is 0 Å². The van der Waals surface area contributed by atoms with Gasteiger partial charge in [-0.05, 0) is 31.2 Å². The van der Waals surface area contributed by atoms with Crippen LogP contribution in [0.1, 0.15) is 6.92 Å². The van der Waals surface area contributed by atoms with Crippen LogP contribution < -0.4 is 5.32 Å². The molecule has 0 aromatic heterocycles. The van der Waals surface area contributed by atoms with E-state index in [1.54, 1.807) is 6.92 Å². The summed E-state index contributed by atoms with van der Waals surface area (Å²) in [6, 6.07) is 5.37. The van der Waals surface area contributed by atoms with Crippen LogP contribution in [0.25, 0.3) is 0 Å². The highest BCUT2D eigenvalue weighted by Gasteiger charge is 2.13. The first kappa shape index (κ1) is 14.0. The standard InChI is InChI=1S/C12H15FN2O3/c1-3-18-12(17)15(2)8-11(16)14-10-6-4-9(13)5-7-10/h4-7H,3,8H2,1-2H3,(H,14,16). The number of anilines is 1. The van der Waals surface area contributed by atoms with E-state index in [1.807, 2.05) is 0 Å². The second-order valence-corrected chi connectivity index (χ2v) is 3.61. The highest BCUT2D eigenvalue weighted by molar-refractivity contribution is 5.93. The van der Waals surface area contributed by atoms with Crippen LogP contribution >= 0.6 is 0 Å². The van der Waals surface area contributed by atoms with Gasteiger partial charge >= 0.3 is 6.09 Å². The van der Waals surface area contributed by atoms with Gasteiger partial charge < -0.3 is 15.0 Å². The lowest BCUT2D eigenvalue weighted by atomic mass is 10.3. The van der Waals surface area contributed by atoms with E-state index in [4.69, 9.17) is 4.74 Å². The number of nitrogens with zero attached hydrogens (tertiary/aromatic N) is 1. The smallest absolute Gasteiger partial charge is 0.409 e. The SMILES string of the molecule is CCOC(=O)N(C)CC(=O)Nc1ccc(F)cc1. The van der Waals surface area contributed by atoms with Crippen LogP contribution in [0.2, 0.25) is 0 Å². The van der Waals surface area contributed by atoms with Gasteiger partial charge in [0.1, 0.15) is 12.4 Å². The van der Waals surface area contributed by atoms with Crippen LogP contribution in [-0.4, -0.2) is 37.1 Å². The summed E-state index contributed by atoms with van der Waals surface area (Å²) in [6.07, 6.45) is -0.563. The average molecular weight is 254 g/mol. The lowest BCUT2D eigenvalue weighted by Gasteiger charge is -2.15. The van der Waals surface area contributed by atoms with Crippen LogP contribution in [0.4, 0.5) is 14.9 Å². The predicted molar refractivity (Wildman–Crippen MR) is 64.7 cm³/mol. The molecule has 6 heteroatoms. The van der Waals surface area contributed by atoms with Crippen LogP contribution in [0, 0.1) is 5.82 Å². The van der Waals surface area contributed by atoms with Crippen molar-refractivity contribution in [1.29, 1.82) is 0 Å². The Morgan fingerprint density at radius 3 is 2.50 bits per heavy atom. The number of likely N-dealkylation sites (N-methyl/N-ethyl adjacent to an activating group) is 1. The third kappa shape index (κ3) is 4.40. The quantitative estimate of drug-likeness (QED) is 0.892. The second-order valence-electron chi connectivity index (χ2n) is 3.61. The maximum atomic E-state index is 12.6. The fourth-order valence-electron chi connectivity index (χ4n) is 1.25. The van der Waals surface area contributed by atoms with Crippen LogP contribution in [0.3, 0.4) is 0 Å². The minimum Gasteiger partial charge on any atom is -0.450 e. The molecule has 0 bridgehead atoms. The first-order chi connectivity index (χ1) is 8.52. The molecule has 18 heavy (non-hydrogen) atoms. The fourth-order valence-corrected chi connectivity index (χ4v) is 1.25. The van der Waals surface area contributed by atoms with Gasteiger partial charge in [-0.1, -0.05) is 0 Å². The number of nitrogens with one attached hydrogen (secondary N) is 1. The maximum absolute atomic E-state index is 12.6. The molecule has 0 radical (unpaired) electrons. The summed E-state index contributed by atoms with van der Waals surface area (Å²) in [7, 11) is 1.46. The molecule has 5 nitrogen and oxygen atoms in total. The molecule has 0 aliphatic carbocycles. The summed E-state index contributed by atoms with van der Waals surface area (Å²) in [5.74, 6) is -0.756. The van der Waals surface area contributed by atoms with Gasteiger partial charge in [0.05, 0.1) is 6.61 Å². The number of carbonyl (C=O) groups is 2. The highest BCUT2D eigenvalue weighted by atomic mass is 19.1. The van der Waals surface area contributed by atoms with E-state index in [2.05, 4.69) is 5.32 Å². The number of halogens is 1. The Labute approximate surface area is 105 Å². The molecule has 0 saturated carbocycles. The Kier molecular flexibility index (Phi) is 5.10. The molecule has 0 unspecified atom stereocenters. The van der Waals surface area contributed by atoms with Gasteiger partial charge in [0.25, 0.3) is 0 Å². The lowest BCUT2D eigenvalue weighted by molar-refractivity contribution is -0.116. The minimum atomic E-state index is -0.563. The normalized spacial score (nSPS) is 9.72. The number of rotatable bonds is 4. The number of carbonyl (C=O) groups excluding carboxylic acids is 2. The molecule has 98 valence electrons. The summed E-state index contributed by atoms with van der Waals surface area (Å²) < 4.78 is 17.4. The molecule has 0 aliphatic rings. The number of hydrogen-bond acceptors (Lipinski definition) is 3. The second kappa shape index (κ2) is 6.58. The summed E-state index contributed by atoms with van der Waals surface area (Å²) in [5, 5.41) is 2.54. The number of benzene rings is 1. The Hall–Kier alpha value is -2.11. The third-order valence-electron chi connectivity index (χ3n) is 2.09. The maximum Gasteiger partial charge on any atom is 0.409 e. The first-order valence-electron chi connectivity index (χ1n) is 5.46. The van der Waals surface area contributed by atoms with Crippen LogP contribution in [-0.2, 0) is 9.53 Å². The molecule has 1 aromatic carbocycles. The van der Waals surface area contributed by atoms with Crippen molar-refractivity contribution >= 4 is 17.7 Å². The van der Waals surface area contributed by atoms with Crippen molar-refractivity contribution < 1.29 is 18.7 Å². The molecule has 2 amide bonds. The molecule has 0 heterocycles. The molecular weight excluding hydrogens is 239 g/mol. The van der Waals surface area contributed by atoms with E-state index in [-0.39, 0.29) is 24.9 Å². The largest absolute Gasteiger partial charge is 0.450 e. The molecular formula is C12H15FN2O3. The number of amides is 2. The summed E-state index contributed by atoms with van der Waals surface area (Å²) >= 11 is 0. The summed E-state index contributed by atoms with van der Waals surface area (Å²) in [5.41, 5.74) is 0.471. The van der Waals surface area contributed by atoms with Crippen molar-refractivity contribution in [1.82, 2.24) is 4.90 Å². The van der Waals surface area contributed by atoms with Crippen molar-refractivity contribution in [2.45, 2.75) is 6.92 Å². The highest BCUT2D eigenvalue weighted by Crippen LogP contribution is 2.08. The van der Waals surface area contributed by atoms with Crippen molar-refractivity contribution in [3.8, 4) is 0 Å². The van der Waals surface area contributed by atoms with Gasteiger partial charge in [0.2, 0.25) is 5.91 Å². The zero-order chi connectivity index (χ0) is 13.5. The van der Waals surface area contributed by atoms with E-state index in [9.17, 15) is 14.0 Å². The van der Waals surface area contributed by atoms with Gasteiger partial charge in [0, 0.05) is 12.7 Å². The van der Waals surface area contributed by atoms with E-state index in [1.165, 1.54) is 31.3 Å². The van der Waals surface area contributed by atoms with Gasteiger partial charge in [-0.25, -0.2) is 9.18 Å². The Morgan fingerprint density at radius 1 is 1.33 bits per heavy atom. The average Bonchev–Trinajstić information content (AvgIpc) is 2.32. The molecule has 0 saturated heterocycles. The Morgan fingerprint density at radius 2 is 1.94 bits per heavy atom. The molecule has 0 atom stereocenters. The van der Waals surface area contributed by atoms with E-state index in [0.717, 1.165) is 4.90 Å². The Balaban J connectivity index is 2.46. The number of ether oxygens (including phenoxy) is 1. The number of hydrogen-bond donors (Lipinski definition) is 1. The third-order valence-corrected chi connectivity index (χ3v) is 2.09. The van der Waals surface area contributed by atoms with E-state index < -0.39 is 6.09 Å². The Bertz CT molecular complexity index is 420. The lowest BCUT2D eigenvalue weighted by Crippen LogP contribution is -2.35. The van der Waals surface area contributed by atoms with Crippen molar-refractivity contribution in [2.24, 2.45) is 0 Å². The first-order valence-corrected chi connectivity index (χ1v) is 5.46. The van der Waals surface area contributed by atoms with Crippen LogP contribution in [0.5, 0.6) is 0 Å². The predicted octanol–water partition coefficient (Wildman–Crippen LogP) is 1.85. The zero-order valence-electron chi connectivity index (χ0n) is 10.3. The molecule has 1 N–H and O–H groups in total. The topological polar surface area (TPSA) is 58.6 Å². The monoisotopic (exact) mass is 254 g/mol. The molecule has 0 fully saturated rings. The zero-order valence-corrected chi connectivity index (χ0v) is 10.3. The van der Waals surface area contributed by atoms with Gasteiger partial charge in [-0.2, -0.15) is 0 Å². The fraction of sp³-hybridized carbons (Fsp3) is 0.333. The summed E-state index contributed by atoms with van der Waals surface area (Å²) in [4.78, 5) is 24.0. The minimum absolute atomic E-state index is 0.129. The molecule has 0 spiro atoms. The molecule has 1 rings (SSSR count). The van der Waals surface area contributed by atoms with Gasteiger partial charge in [0.15, 0.2) is 0 Å². The molecule has 0 aliphatic heterocycles. The van der Waals surface area contributed by atoms with E-state index in [0.29, 0.717) is 5.69 Å². The van der Waals surface area contributed by atoms with Crippen molar-refractivity contribution in [3.05, 3.63) is 30.1 Å². The summed E-state index contributed by atoms with van der Waals surface area (Å²) in [6.45, 7) is 1.81. The van der Waals surface area contributed by atoms with Crippen molar-refractivity contribution in [2.75, 3.05) is 25.5 Å². The van der Waals surface area contributed by atoms with Crippen LogP contribution in [0.15, 0.2) is 24.3 Å². The van der Waals surface area contributed by atoms with Gasteiger partial charge in [-0.15, -0.1) is 0 Å². The van der Waals surface area contributed by atoms with Gasteiger partial charge in [-0.3, -0.25) is 4.79 Å². The van der Waals surface area contributed by atoms with E-state index >= 15 is 0 Å².